The molecule has 1 heterocycles. The molecule has 0 saturated heterocycles. The first-order valence-electron chi connectivity index (χ1n) is 13.8. The van der Waals surface area contributed by atoms with Crippen molar-refractivity contribution in [2.24, 2.45) is 5.92 Å². The molecule has 214 valence electrons. The molecule has 0 aliphatic carbocycles. The smallest absolute Gasteiger partial charge is 0.330 e. The number of ether oxygens (including phenoxy) is 2. The first-order chi connectivity index (χ1) is 20.4. The minimum absolute atomic E-state index is 0.181. The highest BCUT2D eigenvalue weighted by atomic mass is 16.5. The van der Waals surface area contributed by atoms with Gasteiger partial charge < -0.3 is 9.47 Å². The Morgan fingerprint density at radius 3 is 1.90 bits per heavy atom. The number of aromatic nitrogens is 2. The van der Waals surface area contributed by atoms with E-state index in [1.165, 1.54) is 16.8 Å². The third-order valence-corrected chi connectivity index (χ3v) is 7.15. The number of nitrogens with zero attached hydrogens (tertiary/aromatic N) is 3. The topological polar surface area (TPSA) is 103 Å². The molecule has 0 aliphatic rings. The molecule has 3 aromatic carbocycles. The molecule has 0 N–H and O–H groups in total. The molecule has 0 radical (unpaired) electrons. The zero-order valence-electron chi connectivity index (χ0n) is 23.9. The number of nitriles is 1. The van der Waals surface area contributed by atoms with Crippen molar-refractivity contribution in [1.29, 1.82) is 5.26 Å². The van der Waals surface area contributed by atoms with Crippen molar-refractivity contribution in [2.45, 2.75) is 32.7 Å². The van der Waals surface area contributed by atoms with Gasteiger partial charge in [-0.15, -0.1) is 0 Å². The Balaban J connectivity index is 2.17. The molecule has 0 spiro atoms. The SMILES string of the molecule is CCOC(=O)/C=C\C(C#N)C(c1ccccc1)(c1ccccc1)c1c(C)n(CC(=O)OCC)n(-c2ccccc2)c1=O. The first kappa shape index (κ1) is 29.8. The molecule has 4 aromatic rings. The van der Waals surface area contributed by atoms with Gasteiger partial charge in [-0.05, 0) is 44.0 Å². The number of para-hydroxylation sites is 1. The molecule has 0 bridgehead atoms. The fourth-order valence-corrected chi connectivity index (χ4v) is 5.47. The van der Waals surface area contributed by atoms with Crippen LogP contribution in [0.15, 0.2) is 108 Å². The summed E-state index contributed by atoms with van der Waals surface area (Å²) < 4.78 is 13.4. The van der Waals surface area contributed by atoms with Crippen LogP contribution in [0.25, 0.3) is 5.69 Å². The van der Waals surface area contributed by atoms with Gasteiger partial charge in [0, 0.05) is 11.8 Å². The van der Waals surface area contributed by atoms with Crippen molar-refractivity contribution < 1.29 is 19.1 Å². The zero-order valence-corrected chi connectivity index (χ0v) is 23.9. The fourth-order valence-electron chi connectivity index (χ4n) is 5.47. The Kier molecular flexibility index (Phi) is 9.56. The van der Waals surface area contributed by atoms with E-state index in [2.05, 4.69) is 6.07 Å². The van der Waals surface area contributed by atoms with Crippen molar-refractivity contribution in [3.8, 4) is 11.8 Å². The monoisotopic (exact) mass is 563 g/mol. The second-order valence-electron chi connectivity index (χ2n) is 9.53. The van der Waals surface area contributed by atoms with E-state index in [1.807, 2.05) is 66.7 Å². The third kappa shape index (κ3) is 5.68. The maximum Gasteiger partial charge on any atom is 0.330 e. The molecule has 1 aromatic heterocycles. The summed E-state index contributed by atoms with van der Waals surface area (Å²) in [7, 11) is 0. The highest BCUT2D eigenvalue weighted by Gasteiger charge is 2.48. The van der Waals surface area contributed by atoms with Gasteiger partial charge >= 0.3 is 11.9 Å². The van der Waals surface area contributed by atoms with Crippen molar-refractivity contribution in [1.82, 2.24) is 9.36 Å². The van der Waals surface area contributed by atoms with E-state index < -0.39 is 28.8 Å². The lowest BCUT2D eigenvalue weighted by Gasteiger charge is -2.37. The number of allylic oxidation sites excluding steroid dienone is 1. The summed E-state index contributed by atoms with van der Waals surface area (Å²) in [4.78, 5) is 40.0. The van der Waals surface area contributed by atoms with Gasteiger partial charge in [0.15, 0.2) is 0 Å². The van der Waals surface area contributed by atoms with E-state index in [-0.39, 0.29) is 19.8 Å². The number of hydrogen-bond donors (Lipinski definition) is 0. The molecule has 1 unspecified atom stereocenters. The summed E-state index contributed by atoms with van der Waals surface area (Å²) >= 11 is 0. The zero-order chi connectivity index (χ0) is 30.1. The predicted molar refractivity (Wildman–Crippen MR) is 159 cm³/mol. The molecule has 0 saturated carbocycles. The Bertz CT molecular complexity index is 1610. The van der Waals surface area contributed by atoms with Gasteiger partial charge in [0.05, 0.1) is 41.9 Å². The van der Waals surface area contributed by atoms with E-state index in [0.29, 0.717) is 28.1 Å². The van der Waals surface area contributed by atoms with Crippen LogP contribution < -0.4 is 5.56 Å². The van der Waals surface area contributed by atoms with Gasteiger partial charge in [0.2, 0.25) is 0 Å². The van der Waals surface area contributed by atoms with Gasteiger partial charge in [-0.2, -0.15) is 5.26 Å². The first-order valence-corrected chi connectivity index (χ1v) is 13.8. The number of carbonyl (C=O) groups excluding carboxylic acids is 2. The average Bonchev–Trinajstić information content (AvgIpc) is 3.25. The summed E-state index contributed by atoms with van der Waals surface area (Å²) in [5.74, 6) is -2.12. The van der Waals surface area contributed by atoms with E-state index in [9.17, 15) is 19.6 Å². The van der Waals surface area contributed by atoms with E-state index >= 15 is 0 Å². The van der Waals surface area contributed by atoms with Crippen LogP contribution in [0.2, 0.25) is 0 Å². The predicted octanol–water partition coefficient (Wildman–Crippen LogP) is 5.10. The quantitative estimate of drug-likeness (QED) is 0.186. The Hall–Kier alpha value is -5.16. The van der Waals surface area contributed by atoms with Gasteiger partial charge in [-0.25, -0.2) is 9.48 Å². The number of esters is 2. The minimum atomic E-state index is -1.38. The fraction of sp³-hybridized carbons (Fsp3) is 0.235. The summed E-state index contributed by atoms with van der Waals surface area (Å²) in [6.45, 7) is 5.33. The molecule has 0 aliphatic heterocycles. The molecular formula is C34H33N3O5. The van der Waals surface area contributed by atoms with Crippen LogP contribution in [0.4, 0.5) is 0 Å². The maximum atomic E-state index is 14.8. The molecule has 0 fully saturated rings. The van der Waals surface area contributed by atoms with Crippen molar-refractivity contribution in [2.75, 3.05) is 13.2 Å². The van der Waals surface area contributed by atoms with Gasteiger partial charge in [-0.3, -0.25) is 14.3 Å². The largest absolute Gasteiger partial charge is 0.465 e. The van der Waals surface area contributed by atoms with Crippen LogP contribution >= 0.6 is 0 Å². The standard InChI is InChI=1S/C34H33N3O5/c1-4-41-30(38)22-21-28(23-35)34(26-15-9-6-10-16-26,27-17-11-7-12-18-27)32-25(3)36(24-31(39)42-5-2)37(33(32)40)29-19-13-8-14-20-29/h6-22,28H,4-5,24H2,1-3H3/b22-21-. The van der Waals surface area contributed by atoms with E-state index in [0.717, 1.165) is 0 Å². The Morgan fingerprint density at radius 2 is 1.40 bits per heavy atom. The van der Waals surface area contributed by atoms with Crippen molar-refractivity contribution in [3.63, 3.8) is 0 Å². The molecule has 1 atom stereocenters. The number of benzene rings is 3. The second kappa shape index (κ2) is 13.5. The number of rotatable bonds is 11. The van der Waals surface area contributed by atoms with E-state index in [1.54, 1.807) is 49.7 Å². The summed E-state index contributed by atoms with van der Waals surface area (Å²) in [6.07, 6.45) is 2.73. The van der Waals surface area contributed by atoms with Gasteiger partial charge in [0.1, 0.15) is 6.54 Å². The average molecular weight is 564 g/mol. The molecular weight excluding hydrogens is 530 g/mol. The normalized spacial score (nSPS) is 12.0. The van der Waals surface area contributed by atoms with Crippen molar-refractivity contribution >= 4 is 11.9 Å². The van der Waals surface area contributed by atoms with Gasteiger partial charge in [-0.1, -0.05) is 84.9 Å². The lowest BCUT2D eigenvalue weighted by atomic mass is 9.62. The van der Waals surface area contributed by atoms with Crippen LogP contribution in [-0.2, 0) is 31.0 Å². The lowest BCUT2D eigenvalue weighted by molar-refractivity contribution is -0.144. The van der Waals surface area contributed by atoms with Crippen LogP contribution in [-0.4, -0.2) is 34.5 Å². The summed E-state index contributed by atoms with van der Waals surface area (Å²) in [6, 6.07) is 29.9. The summed E-state index contributed by atoms with van der Waals surface area (Å²) in [5, 5.41) is 10.7. The number of hydrogen-bond acceptors (Lipinski definition) is 6. The van der Waals surface area contributed by atoms with Crippen LogP contribution in [0.5, 0.6) is 0 Å². The highest BCUT2D eigenvalue weighted by molar-refractivity contribution is 5.82. The molecule has 8 nitrogen and oxygen atoms in total. The molecule has 0 amide bonds. The number of carbonyl (C=O) groups is 2. The van der Waals surface area contributed by atoms with Crippen LogP contribution in [0.3, 0.4) is 0 Å². The summed E-state index contributed by atoms with van der Waals surface area (Å²) in [5.41, 5.74) is 0.891. The highest BCUT2D eigenvalue weighted by Crippen LogP contribution is 2.46. The Morgan fingerprint density at radius 1 is 0.881 bits per heavy atom. The molecule has 4 rings (SSSR count). The minimum Gasteiger partial charge on any atom is -0.465 e. The van der Waals surface area contributed by atoms with Gasteiger partial charge in [0.25, 0.3) is 5.56 Å². The Labute approximate surface area is 245 Å². The second-order valence-corrected chi connectivity index (χ2v) is 9.53. The van der Waals surface area contributed by atoms with Crippen LogP contribution in [0, 0.1) is 24.2 Å². The van der Waals surface area contributed by atoms with Crippen LogP contribution in [0.1, 0.15) is 36.2 Å². The molecule has 42 heavy (non-hydrogen) atoms. The third-order valence-electron chi connectivity index (χ3n) is 7.15. The molecule has 8 heteroatoms. The van der Waals surface area contributed by atoms with E-state index in [4.69, 9.17) is 9.47 Å². The van der Waals surface area contributed by atoms with Crippen molar-refractivity contribution in [3.05, 3.63) is 136 Å². The lowest BCUT2D eigenvalue weighted by Crippen LogP contribution is -2.41. The maximum absolute atomic E-state index is 14.8.